The number of nitrogens with two attached hydrogens (primary N) is 1. The lowest BCUT2D eigenvalue weighted by molar-refractivity contribution is -0.159. The van der Waals surface area contributed by atoms with Crippen molar-refractivity contribution in [2.75, 3.05) is 12.0 Å². The van der Waals surface area contributed by atoms with Gasteiger partial charge in [-0.25, -0.2) is 0 Å². The Morgan fingerprint density at radius 3 is 3.00 bits per heavy atom. The molecule has 2 aliphatic carbocycles. The van der Waals surface area contributed by atoms with Crippen molar-refractivity contribution >= 4 is 23.6 Å². The number of thioether (sulfide) groups is 1. The van der Waals surface area contributed by atoms with Crippen LogP contribution in [0.1, 0.15) is 12.8 Å². The fraction of sp³-hybridized carbons (Fsp3) is 0.857. The molecule has 2 saturated carbocycles. The number of primary amides is 1. The number of carbonyl (C=O) groups excluding carboxylic acids is 2. The van der Waals surface area contributed by atoms with Gasteiger partial charge in [-0.05, 0) is 36.7 Å². The van der Waals surface area contributed by atoms with Crippen molar-refractivity contribution in [1.29, 1.82) is 0 Å². The van der Waals surface area contributed by atoms with E-state index in [1.165, 1.54) is 0 Å². The summed E-state index contributed by atoms with van der Waals surface area (Å²) >= 11 is 1.63. The van der Waals surface area contributed by atoms with E-state index >= 15 is 0 Å². The van der Waals surface area contributed by atoms with Crippen LogP contribution >= 0.6 is 11.8 Å². The molecule has 2 bridgehead atoms. The molecule has 21 heavy (non-hydrogen) atoms. The number of aliphatic hydroxyl groups excluding tert-OH is 1. The molecule has 8 unspecified atom stereocenters. The minimum absolute atomic E-state index is 0.00146. The van der Waals surface area contributed by atoms with Crippen molar-refractivity contribution in [3.63, 3.8) is 0 Å². The monoisotopic (exact) mass is 312 g/mol. The van der Waals surface area contributed by atoms with Crippen LogP contribution in [0.4, 0.5) is 0 Å². The molecular formula is C14H20N2O4S. The van der Waals surface area contributed by atoms with Gasteiger partial charge in [0, 0.05) is 5.92 Å². The molecular weight excluding hydrogens is 292 g/mol. The highest BCUT2D eigenvalue weighted by Gasteiger charge is 2.73. The molecule has 3 N–H and O–H groups in total. The summed E-state index contributed by atoms with van der Waals surface area (Å²) in [4.78, 5) is 26.2. The predicted octanol–water partition coefficient (Wildman–Crippen LogP) is -0.596. The van der Waals surface area contributed by atoms with Gasteiger partial charge in [-0.3, -0.25) is 9.59 Å². The van der Waals surface area contributed by atoms with Crippen LogP contribution in [-0.4, -0.2) is 58.3 Å². The first kappa shape index (κ1) is 13.8. The Morgan fingerprint density at radius 2 is 2.33 bits per heavy atom. The zero-order chi connectivity index (χ0) is 14.9. The van der Waals surface area contributed by atoms with Gasteiger partial charge in [-0.2, -0.15) is 11.8 Å². The summed E-state index contributed by atoms with van der Waals surface area (Å²) in [7, 11) is 0. The largest absolute Gasteiger partial charge is 0.390 e. The van der Waals surface area contributed by atoms with E-state index in [4.69, 9.17) is 10.5 Å². The quantitative estimate of drug-likeness (QED) is 0.707. The Labute approximate surface area is 127 Å². The topological polar surface area (TPSA) is 92.9 Å². The summed E-state index contributed by atoms with van der Waals surface area (Å²) in [5.74, 6) is 0.512. The molecule has 116 valence electrons. The summed E-state index contributed by atoms with van der Waals surface area (Å²) in [6.07, 6.45) is 2.36. The lowest BCUT2D eigenvalue weighted by Crippen LogP contribution is -2.52. The number of aliphatic hydroxyl groups is 1. The van der Waals surface area contributed by atoms with Gasteiger partial charge in [0.15, 0.2) is 0 Å². The number of fused-ring (bicyclic) bond motifs is 2. The molecule has 4 rings (SSSR count). The maximum Gasteiger partial charge on any atom is 0.240 e. The van der Waals surface area contributed by atoms with Gasteiger partial charge in [0.1, 0.15) is 12.3 Å². The summed E-state index contributed by atoms with van der Waals surface area (Å²) in [6.45, 7) is 0. The van der Waals surface area contributed by atoms with Gasteiger partial charge < -0.3 is 20.5 Å². The average Bonchev–Trinajstić information content (AvgIpc) is 3.10. The first-order chi connectivity index (χ1) is 10.1. The fourth-order valence-corrected chi connectivity index (χ4v) is 5.53. The van der Waals surface area contributed by atoms with Crippen LogP contribution in [0.3, 0.4) is 0 Å². The van der Waals surface area contributed by atoms with E-state index in [1.807, 2.05) is 6.26 Å². The van der Waals surface area contributed by atoms with Gasteiger partial charge in [0.25, 0.3) is 0 Å². The minimum Gasteiger partial charge on any atom is -0.390 e. The van der Waals surface area contributed by atoms with Crippen LogP contribution in [-0.2, 0) is 14.3 Å². The zero-order valence-electron chi connectivity index (χ0n) is 11.8. The van der Waals surface area contributed by atoms with Crippen LogP contribution in [0, 0.1) is 23.7 Å². The number of amides is 2. The number of ether oxygens (including phenoxy) is 1. The summed E-state index contributed by atoms with van der Waals surface area (Å²) in [5.41, 5.74) is 5.53. The summed E-state index contributed by atoms with van der Waals surface area (Å²) in [6, 6.07) is -0.587. The van der Waals surface area contributed by atoms with Crippen LogP contribution < -0.4 is 5.73 Å². The van der Waals surface area contributed by atoms with Crippen molar-refractivity contribution in [1.82, 2.24) is 4.90 Å². The Bertz CT molecular complexity index is 501. The highest BCUT2D eigenvalue weighted by atomic mass is 32.2. The molecule has 7 heteroatoms. The predicted molar refractivity (Wildman–Crippen MR) is 76.1 cm³/mol. The Kier molecular flexibility index (Phi) is 3.03. The highest BCUT2D eigenvalue weighted by Crippen LogP contribution is 2.63. The standard InChI is InChI=1S/C14H20N2O4S/c1-21-3-2-7(12(15)18)16-13(19)8-5-4-6-9(8)14(16)20-11(6)10(5)17/h5-11,14,17H,2-4H2,1H3,(H2,15,18). The molecule has 2 heterocycles. The first-order valence-electron chi connectivity index (χ1n) is 7.50. The summed E-state index contributed by atoms with van der Waals surface area (Å²) in [5, 5.41) is 10.2. The number of hydrogen-bond donors (Lipinski definition) is 2. The number of rotatable bonds is 5. The third-order valence-corrected chi connectivity index (χ3v) is 6.46. The van der Waals surface area contributed by atoms with Gasteiger partial charge in [0.05, 0.1) is 18.1 Å². The Hall–Kier alpha value is -0.790. The third-order valence-electron chi connectivity index (χ3n) is 5.81. The lowest BCUT2D eigenvalue weighted by atomic mass is 9.80. The number of nitrogens with zero attached hydrogens (tertiary/aromatic N) is 1. The number of hydrogen-bond acceptors (Lipinski definition) is 5. The fourth-order valence-electron chi connectivity index (χ4n) is 5.07. The first-order valence-corrected chi connectivity index (χ1v) is 8.89. The van der Waals surface area contributed by atoms with E-state index in [2.05, 4.69) is 0 Å². The van der Waals surface area contributed by atoms with E-state index < -0.39 is 18.1 Å². The molecule has 2 saturated heterocycles. The molecule has 4 aliphatic rings. The molecule has 0 aromatic carbocycles. The van der Waals surface area contributed by atoms with Gasteiger partial charge in [-0.15, -0.1) is 0 Å². The molecule has 2 aliphatic heterocycles. The molecule has 6 nitrogen and oxygen atoms in total. The second-order valence-electron chi connectivity index (χ2n) is 6.59. The maximum atomic E-state index is 12.8. The van der Waals surface area contributed by atoms with Crippen molar-refractivity contribution < 1.29 is 19.4 Å². The second kappa shape index (κ2) is 4.60. The van der Waals surface area contributed by atoms with E-state index in [1.54, 1.807) is 16.7 Å². The van der Waals surface area contributed by atoms with E-state index in [0.717, 1.165) is 12.2 Å². The smallest absolute Gasteiger partial charge is 0.240 e. The Balaban J connectivity index is 1.64. The zero-order valence-corrected chi connectivity index (χ0v) is 12.7. The van der Waals surface area contributed by atoms with E-state index in [9.17, 15) is 14.7 Å². The van der Waals surface area contributed by atoms with Crippen LogP contribution in [0.15, 0.2) is 0 Å². The lowest BCUT2D eigenvalue weighted by Gasteiger charge is -2.33. The van der Waals surface area contributed by atoms with Crippen LogP contribution in [0.5, 0.6) is 0 Å². The Morgan fingerprint density at radius 1 is 1.57 bits per heavy atom. The number of likely N-dealkylation sites (tertiary alicyclic amines) is 1. The van der Waals surface area contributed by atoms with Crippen molar-refractivity contribution in [2.45, 2.75) is 37.3 Å². The molecule has 0 aromatic rings. The second-order valence-corrected chi connectivity index (χ2v) is 7.58. The van der Waals surface area contributed by atoms with Gasteiger partial charge >= 0.3 is 0 Å². The van der Waals surface area contributed by atoms with Crippen LogP contribution in [0.2, 0.25) is 0 Å². The average molecular weight is 312 g/mol. The SMILES string of the molecule is CSCCC(C(N)=O)N1C(=O)C2C3CC4C(OC1C42)C3O. The molecule has 2 amide bonds. The molecule has 0 spiro atoms. The molecule has 4 fully saturated rings. The van der Waals surface area contributed by atoms with E-state index in [-0.39, 0.29) is 41.9 Å². The van der Waals surface area contributed by atoms with Gasteiger partial charge in [0.2, 0.25) is 11.8 Å². The van der Waals surface area contributed by atoms with Crippen molar-refractivity contribution in [3.8, 4) is 0 Å². The van der Waals surface area contributed by atoms with E-state index in [0.29, 0.717) is 6.42 Å². The normalized spacial score (nSPS) is 47.4. The minimum atomic E-state index is -0.587. The summed E-state index contributed by atoms with van der Waals surface area (Å²) < 4.78 is 5.98. The molecule has 0 radical (unpaired) electrons. The van der Waals surface area contributed by atoms with Crippen LogP contribution in [0.25, 0.3) is 0 Å². The van der Waals surface area contributed by atoms with Gasteiger partial charge in [-0.1, -0.05) is 0 Å². The van der Waals surface area contributed by atoms with Crippen molar-refractivity contribution in [2.24, 2.45) is 29.4 Å². The molecule has 0 aromatic heterocycles. The third kappa shape index (κ3) is 1.62. The number of carbonyl (C=O) groups is 2. The van der Waals surface area contributed by atoms with Crippen molar-refractivity contribution in [3.05, 3.63) is 0 Å². The molecule has 8 atom stereocenters. The highest BCUT2D eigenvalue weighted by molar-refractivity contribution is 7.98. The maximum absolute atomic E-state index is 12.8.